The number of nitrogens with zero attached hydrogens (tertiary/aromatic N) is 1. The van der Waals surface area contributed by atoms with Crippen molar-refractivity contribution in [2.45, 2.75) is 43.7 Å². The van der Waals surface area contributed by atoms with Crippen LogP contribution in [0.1, 0.15) is 11.3 Å². The number of halogens is 3. The van der Waals surface area contributed by atoms with E-state index in [-0.39, 0.29) is 5.95 Å². The van der Waals surface area contributed by atoms with Crippen molar-refractivity contribution < 1.29 is 43.1 Å². The number of anilines is 1. The van der Waals surface area contributed by atoms with E-state index in [1.807, 2.05) is 0 Å². The highest BCUT2D eigenvalue weighted by molar-refractivity contribution is 5.73. The van der Waals surface area contributed by atoms with Crippen LogP contribution in [0.2, 0.25) is 0 Å². The molecule has 0 radical (unpaired) electrons. The molecule has 1 fully saturated rings. The average molecular weight is 417 g/mol. The van der Waals surface area contributed by atoms with Gasteiger partial charge in [-0.25, -0.2) is 9.78 Å². The number of aliphatic carboxylic acids is 1. The fourth-order valence-corrected chi connectivity index (χ4v) is 2.96. The second-order valence-electron chi connectivity index (χ2n) is 6.57. The number of carboxylic acid groups (broad SMARTS) is 1. The van der Waals surface area contributed by atoms with E-state index < -0.39 is 48.4 Å². The van der Waals surface area contributed by atoms with Crippen LogP contribution in [0, 0.1) is 6.92 Å². The Morgan fingerprint density at radius 2 is 1.76 bits per heavy atom. The number of ether oxygens (including phenoxy) is 1. The van der Waals surface area contributed by atoms with Gasteiger partial charge in [0.15, 0.2) is 12.3 Å². The zero-order valence-electron chi connectivity index (χ0n) is 14.9. The molecule has 9 nitrogen and oxygen atoms in total. The molecule has 12 heteroatoms. The maximum atomic E-state index is 12.7. The van der Waals surface area contributed by atoms with E-state index in [1.165, 1.54) is 12.1 Å². The van der Waals surface area contributed by atoms with Crippen molar-refractivity contribution in [1.82, 2.24) is 9.97 Å². The first kappa shape index (κ1) is 21.0. The predicted molar refractivity (Wildman–Crippen MR) is 91.7 cm³/mol. The molecule has 1 aliphatic rings. The van der Waals surface area contributed by atoms with Gasteiger partial charge < -0.3 is 35.5 Å². The molecule has 29 heavy (non-hydrogen) atoms. The highest BCUT2D eigenvalue weighted by atomic mass is 19.4. The summed E-state index contributed by atoms with van der Waals surface area (Å²) in [6.07, 6.45) is -12.9. The van der Waals surface area contributed by atoms with Crippen molar-refractivity contribution in [2.24, 2.45) is 0 Å². The van der Waals surface area contributed by atoms with Crippen LogP contribution in [0.4, 0.5) is 19.1 Å². The highest BCUT2D eigenvalue weighted by Crippen LogP contribution is 2.32. The predicted octanol–water partition coefficient (Wildman–Crippen LogP) is 0.708. The third kappa shape index (κ3) is 4.19. The van der Waals surface area contributed by atoms with E-state index in [4.69, 9.17) is 9.84 Å². The minimum atomic E-state index is -4.47. The third-order valence-corrected chi connectivity index (χ3v) is 4.51. The number of aromatic amines is 1. The molecule has 2 heterocycles. The van der Waals surface area contributed by atoms with Crippen molar-refractivity contribution in [1.29, 1.82) is 0 Å². The molecule has 0 unspecified atom stereocenters. The van der Waals surface area contributed by atoms with E-state index in [0.717, 1.165) is 12.1 Å². The van der Waals surface area contributed by atoms with Gasteiger partial charge in [-0.05, 0) is 19.1 Å². The summed E-state index contributed by atoms with van der Waals surface area (Å²) in [5.41, 5.74) is 0.386. The molecule has 0 aliphatic carbocycles. The van der Waals surface area contributed by atoms with Gasteiger partial charge in [-0.1, -0.05) is 12.1 Å². The van der Waals surface area contributed by atoms with Gasteiger partial charge in [-0.15, -0.1) is 0 Å². The van der Waals surface area contributed by atoms with Crippen LogP contribution in [0.5, 0.6) is 0 Å². The standard InChI is InChI=1S/C17H18F3N3O6/c1-6-9(7-2-4-8(5-3-7)17(18,19)20)22-16(21-6)23-14-12(26)10(24)11(25)13(29-14)15(27)28/h2-5,10-14,24-26H,1H3,(H,27,28)(H2,21,22,23)/t10-,11-,12+,13-,14+/m0/s1. The molecule has 1 aromatic carbocycles. The van der Waals surface area contributed by atoms with Crippen molar-refractivity contribution in [3.05, 3.63) is 35.5 Å². The van der Waals surface area contributed by atoms with Crippen LogP contribution in [0.3, 0.4) is 0 Å². The maximum absolute atomic E-state index is 12.7. The quantitative estimate of drug-likeness (QED) is 0.426. The summed E-state index contributed by atoms with van der Waals surface area (Å²) in [5.74, 6) is -1.51. The Morgan fingerprint density at radius 3 is 2.31 bits per heavy atom. The second kappa shape index (κ2) is 7.63. The maximum Gasteiger partial charge on any atom is 0.416 e. The van der Waals surface area contributed by atoms with Gasteiger partial charge in [0.05, 0.1) is 11.3 Å². The van der Waals surface area contributed by atoms with Crippen molar-refractivity contribution in [3.8, 4) is 11.3 Å². The Hall–Kier alpha value is -2.67. The summed E-state index contributed by atoms with van der Waals surface area (Å²) < 4.78 is 43.2. The largest absolute Gasteiger partial charge is 0.479 e. The molecule has 5 atom stereocenters. The minimum absolute atomic E-state index is 0.0224. The van der Waals surface area contributed by atoms with Crippen molar-refractivity contribution >= 4 is 11.9 Å². The molecule has 1 saturated heterocycles. The number of aliphatic hydroxyl groups is 3. The van der Waals surface area contributed by atoms with E-state index in [2.05, 4.69) is 15.3 Å². The molecule has 3 rings (SSSR count). The van der Waals surface area contributed by atoms with Crippen molar-refractivity contribution in [3.63, 3.8) is 0 Å². The summed E-state index contributed by atoms with van der Waals surface area (Å²) in [6.45, 7) is 1.61. The first-order valence-electron chi connectivity index (χ1n) is 8.42. The number of imidazole rings is 1. The molecule has 0 bridgehead atoms. The van der Waals surface area contributed by atoms with Gasteiger partial charge >= 0.3 is 12.1 Å². The van der Waals surface area contributed by atoms with E-state index in [1.54, 1.807) is 6.92 Å². The number of rotatable bonds is 4. The number of alkyl halides is 3. The lowest BCUT2D eigenvalue weighted by Gasteiger charge is -2.38. The molecule has 2 aromatic rings. The number of hydrogen-bond acceptors (Lipinski definition) is 7. The van der Waals surface area contributed by atoms with Gasteiger partial charge in [0.1, 0.15) is 18.3 Å². The van der Waals surface area contributed by atoms with E-state index in [0.29, 0.717) is 17.0 Å². The third-order valence-electron chi connectivity index (χ3n) is 4.51. The number of carbonyl (C=O) groups is 1. The Bertz CT molecular complexity index is 886. The molecule has 0 amide bonds. The molecule has 1 aliphatic heterocycles. The Labute approximate surface area is 161 Å². The number of hydrogen-bond donors (Lipinski definition) is 6. The number of aryl methyl sites for hydroxylation is 1. The van der Waals surface area contributed by atoms with E-state index in [9.17, 15) is 33.3 Å². The molecule has 158 valence electrons. The van der Waals surface area contributed by atoms with Crippen LogP contribution < -0.4 is 5.32 Å². The summed E-state index contributed by atoms with van der Waals surface area (Å²) in [4.78, 5) is 18.1. The van der Waals surface area contributed by atoms with Crippen LogP contribution in [-0.2, 0) is 15.7 Å². The molecule has 1 aromatic heterocycles. The fourth-order valence-electron chi connectivity index (χ4n) is 2.96. The molecule has 0 spiro atoms. The van der Waals surface area contributed by atoms with E-state index >= 15 is 0 Å². The SMILES string of the molecule is Cc1[nH]c(N[C@@H]2O[C@H](C(=O)O)[C@@H](O)[C@H](O)[C@H]2O)nc1-c1ccc(C(F)(F)F)cc1. The van der Waals surface area contributed by atoms with Gasteiger partial charge in [0.2, 0.25) is 5.95 Å². The zero-order chi connectivity index (χ0) is 21.5. The summed E-state index contributed by atoms with van der Waals surface area (Å²) in [6, 6.07) is 4.34. The van der Waals surface area contributed by atoms with Gasteiger partial charge in [-0.3, -0.25) is 0 Å². The summed E-state index contributed by atoms with van der Waals surface area (Å²) in [7, 11) is 0. The average Bonchev–Trinajstić information content (AvgIpc) is 3.01. The monoisotopic (exact) mass is 417 g/mol. The Kier molecular flexibility index (Phi) is 5.54. The number of nitrogens with one attached hydrogen (secondary N) is 2. The van der Waals surface area contributed by atoms with Crippen LogP contribution in [-0.4, -0.2) is 67.0 Å². The highest BCUT2D eigenvalue weighted by Gasteiger charge is 2.47. The van der Waals surface area contributed by atoms with Crippen LogP contribution in [0.25, 0.3) is 11.3 Å². The first-order chi connectivity index (χ1) is 13.5. The van der Waals surface area contributed by atoms with Crippen molar-refractivity contribution in [2.75, 3.05) is 5.32 Å². The van der Waals surface area contributed by atoms with Gasteiger partial charge in [-0.2, -0.15) is 13.2 Å². The Balaban J connectivity index is 1.80. The molecule has 6 N–H and O–H groups in total. The lowest BCUT2D eigenvalue weighted by atomic mass is 9.98. The normalized spacial score (nSPS) is 27.6. The molecule has 0 saturated carbocycles. The summed E-state index contributed by atoms with van der Waals surface area (Å²) in [5, 5.41) is 41.2. The second-order valence-corrected chi connectivity index (χ2v) is 6.57. The number of aliphatic hydroxyl groups excluding tert-OH is 3. The fraction of sp³-hybridized carbons (Fsp3) is 0.412. The van der Waals surface area contributed by atoms with Gasteiger partial charge in [0, 0.05) is 11.3 Å². The molecular weight excluding hydrogens is 399 g/mol. The first-order valence-corrected chi connectivity index (χ1v) is 8.42. The smallest absolute Gasteiger partial charge is 0.416 e. The van der Waals surface area contributed by atoms with Gasteiger partial charge in [0.25, 0.3) is 0 Å². The number of H-pyrrole nitrogens is 1. The zero-order valence-corrected chi connectivity index (χ0v) is 14.9. The number of aromatic nitrogens is 2. The minimum Gasteiger partial charge on any atom is -0.479 e. The van der Waals surface area contributed by atoms with Crippen LogP contribution >= 0.6 is 0 Å². The topological polar surface area (TPSA) is 148 Å². The lowest BCUT2D eigenvalue weighted by Crippen LogP contribution is -2.61. The molecular formula is C17H18F3N3O6. The summed E-state index contributed by atoms with van der Waals surface area (Å²) >= 11 is 0. The lowest BCUT2D eigenvalue weighted by molar-refractivity contribution is -0.221. The van der Waals surface area contributed by atoms with Crippen LogP contribution in [0.15, 0.2) is 24.3 Å². The Morgan fingerprint density at radius 1 is 1.14 bits per heavy atom. The number of carboxylic acids is 1. The number of benzene rings is 1.